The predicted molar refractivity (Wildman–Crippen MR) is 111 cm³/mol. The number of ether oxygens (including phenoxy) is 1. The van der Waals surface area contributed by atoms with E-state index < -0.39 is 22.6 Å². The monoisotopic (exact) mass is 420 g/mol. The van der Waals surface area contributed by atoms with Gasteiger partial charge in [-0.05, 0) is 65.8 Å². The van der Waals surface area contributed by atoms with E-state index in [9.17, 15) is 18.0 Å². The van der Waals surface area contributed by atoms with Gasteiger partial charge in [-0.2, -0.15) is 0 Å². The van der Waals surface area contributed by atoms with Gasteiger partial charge in [0.15, 0.2) is 6.61 Å². The van der Waals surface area contributed by atoms with E-state index in [1.165, 1.54) is 24.3 Å². The topological polar surface area (TPSA) is 94.5 Å². The van der Waals surface area contributed by atoms with Crippen molar-refractivity contribution in [3.05, 3.63) is 52.8 Å². The number of aromatic nitrogens is 1. The minimum atomic E-state index is -3.73. The minimum absolute atomic E-state index is 0.0348. The molecule has 0 saturated carbocycles. The van der Waals surface area contributed by atoms with Crippen LogP contribution >= 0.6 is 0 Å². The van der Waals surface area contributed by atoms with Crippen molar-refractivity contribution in [1.82, 2.24) is 9.29 Å². The van der Waals surface area contributed by atoms with E-state index >= 15 is 0 Å². The summed E-state index contributed by atoms with van der Waals surface area (Å²) in [4.78, 5) is 24.9. The smallest absolute Gasteiger partial charge is 0.338 e. The molecule has 0 aliphatic heterocycles. The van der Waals surface area contributed by atoms with E-state index in [4.69, 9.17) is 4.74 Å². The molecular formula is C21H28N2O5S. The third-order valence-corrected chi connectivity index (χ3v) is 6.06. The first-order valence-corrected chi connectivity index (χ1v) is 10.9. The number of carbonyl (C=O) groups is 2. The Balaban J connectivity index is 2.13. The average Bonchev–Trinajstić information content (AvgIpc) is 2.93. The first kappa shape index (κ1) is 22.8. The van der Waals surface area contributed by atoms with Gasteiger partial charge in [0, 0.05) is 29.0 Å². The molecule has 7 nitrogen and oxygen atoms in total. The lowest BCUT2D eigenvalue weighted by Gasteiger charge is -2.13. The molecule has 0 atom stereocenters. The van der Waals surface area contributed by atoms with Crippen LogP contribution < -0.4 is 4.72 Å². The Bertz CT molecular complexity index is 1020. The third-order valence-electron chi connectivity index (χ3n) is 4.41. The summed E-state index contributed by atoms with van der Waals surface area (Å²) >= 11 is 0. The quantitative estimate of drug-likeness (QED) is 0.522. The molecule has 29 heavy (non-hydrogen) atoms. The Labute approximate surface area is 172 Å². The van der Waals surface area contributed by atoms with Gasteiger partial charge in [-0.25, -0.2) is 17.9 Å². The van der Waals surface area contributed by atoms with Gasteiger partial charge in [-0.3, -0.25) is 4.79 Å². The second-order valence-corrected chi connectivity index (χ2v) is 9.27. The van der Waals surface area contributed by atoms with Crippen LogP contribution in [0, 0.1) is 13.8 Å². The van der Waals surface area contributed by atoms with Crippen LogP contribution in [0.1, 0.15) is 65.8 Å². The van der Waals surface area contributed by atoms with Crippen molar-refractivity contribution >= 4 is 21.8 Å². The van der Waals surface area contributed by atoms with Gasteiger partial charge >= 0.3 is 5.97 Å². The number of sulfonamides is 1. The van der Waals surface area contributed by atoms with E-state index in [1.54, 1.807) is 19.9 Å². The van der Waals surface area contributed by atoms with Crippen molar-refractivity contribution in [3.63, 3.8) is 0 Å². The summed E-state index contributed by atoms with van der Waals surface area (Å²) in [5.74, 6) is -1.05. The van der Waals surface area contributed by atoms with Crippen LogP contribution in [0.2, 0.25) is 0 Å². The molecule has 0 radical (unpaired) electrons. The maximum absolute atomic E-state index is 12.5. The van der Waals surface area contributed by atoms with Crippen LogP contribution in [0.4, 0.5) is 0 Å². The van der Waals surface area contributed by atoms with Crippen LogP contribution in [0.5, 0.6) is 0 Å². The maximum Gasteiger partial charge on any atom is 0.338 e. The fraction of sp³-hybridized carbons (Fsp3) is 0.429. The van der Waals surface area contributed by atoms with E-state index in [1.807, 2.05) is 32.3 Å². The molecule has 0 fully saturated rings. The second-order valence-electron chi connectivity index (χ2n) is 7.55. The first-order chi connectivity index (χ1) is 13.4. The molecule has 1 heterocycles. The number of rotatable bonds is 8. The SMILES string of the molecule is Cc1cc(C(=O)COC(=O)c2cccc(S(=O)(=O)NC(C)C)c2)c(C)n1C(C)C. The number of ketones is 1. The molecule has 0 saturated heterocycles. The Morgan fingerprint density at radius 3 is 2.31 bits per heavy atom. The highest BCUT2D eigenvalue weighted by Crippen LogP contribution is 2.21. The lowest BCUT2D eigenvalue weighted by molar-refractivity contribution is 0.0474. The first-order valence-electron chi connectivity index (χ1n) is 9.45. The summed E-state index contributed by atoms with van der Waals surface area (Å²) in [6, 6.07) is 7.27. The van der Waals surface area contributed by atoms with Crippen molar-refractivity contribution in [1.29, 1.82) is 0 Å². The molecule has 1 aromatic heterocycles. The Morgan fingerprint density at radius 1 is 1.10 bits per heavy atom. The molecule has 0 spiro atoms. The number of aryl methyl sites for hydroxylation is 1. The second kappa shape index (κ2) is 8.92. The molecule has 2 rings (SSSR count). The van der Waals surface area contributed by atoms with Gasteiger partial charge in [-0.1, -0.05) is 6.07 Å². The number of carbonyl (C=O) groups excluding carboxylic acids is 2. The third kappa shape index (κ3) is 5.33. The molecule has 2 aromatic rings. The van der Waals surface area contributed by atoms with Gasteiger partial charge in [0.1, 0.15) is 0 Å². The van der Waals surface area contributed by atoms with Crippen LogP contribution in [0.25, 0.3) is 0 Å². The lowest BCUT2D eigenvalue weighted by Crippen LogP contribution is -2.30. The normalized spacial score (nSPS) is 11.9. The van der Waals surface area contributed by atoms with Gasteiger partial charge in [0.05, 0.1) is 10.5 Å². The Morgan fingerprint density at radius 2 is 1.76 bits per heavy atom. The van der Waals surface area contributed by atoms with Crippen molar-refractivity contribution in [2.24, 2.45) is 0 Å². The van der Waals surface area contributed by atoms with Gasteiger partial charge < -0.3 is 9.30 Å². The predicted octanol–water partition coefficient (Wildman–Crippen LogP) is 3.41. The Kier molecular flexibility index (Phi) is 7.02. The van der Waals surface area contributed by atoms with E-state index in [-0.39, 0.29) is 28.3 Å². The van der Waals surface area contributed by atoms with Gasteiger partial charge in [0.25, 0.3) is 0 Å². The zero-order valence-corrected chi connectivity index (χ0v) is 18.5. The Hall–Kier alpha value is -2.45. The van der Waals surface area contributed by atoms with E-state index in [0.29, 0.717) is 5.56 Å². The molecule has 0 amide bonds. The summed E-state index contributed by atoms with van der Waals surface area (Å²) in [6.07, 6.45) is 0. The number of benzene rings is 1. The van der Waals surface area contributed by atoms with Crippen molar-refractivity contribution in [2.45, 2.75) is 58.5 Å². The summed E-state index contributed by atoms with van der Waals surface area (Å²) in [7, 11) is -3.73. The highest BCUT2D eigenvalue weighted by atomic mass is 32.2. The zero-order chi connectivity index (χ0) is 21.9. The molecular weight excluding hydrogens is 392 g/mol. The number of hydrogen-bond acceptors (Lipinski definition) is 5. The number of Topliss-reactive ketones (excluding diaryl/α,β-unsaturated/α-hetero) is 1. The average molecular weight is 421 g/mol. The fourth-order valence-corrected chi connectivity index (χ4v) is 4.61. The molecule has 158 valence electrons. The summed E-state index contributed by atoms with van der Waals surface area (Å²) < 4.78 is 34.2. The standard InChI is InChI=1S/C21H28N2O5S/c1-13(2)22-29(26,27)18-9-7-8-17(11-18)21(25)28-12-20(24)19-10-15(5)23(14(3)4)16(19)6/h7-11,13-14,22H,12H2,1-6H3. The lowest BCUT2D eigenvalue weighted by atomic mass is 10.1. The summed E-state index contributed by atoms with van der Waals surface area (Å²) in [5, 5.41) is 0. The van der Waals surface area contributed by atoms with Crippen molar-refractivity contribution in [2.75, 3.05) is 6.61 Å². The fourth-order valence-electron chi connectivity index (χ4n) is 3.31. The number of nitrogens with zero attached hydrogens (tertiary/aromatic N) is 1. The summed E-state index contributed by atoms with van der Waals surface area (Å²) in [5.41, 5.74) is 2.37. The number of nitrogens with one attached hydrogen (secondary N) is 1. The van der Waals surface area contributed by atoms with Gasteiger partial charge in [-0.15, -0.1) is 0 Å². The molecule has 1 aromatic carbocycles. The van der Waals surface area contributed by atoms with Gasteiger partial charge in [0.2, 0.25) is 15.8 Å². The van der Waals surface area contributed by atoms with Crippen molar-refractivity contribution < 1.29 is 22.7 Å². The molecule has 0 aliphatic carbocycles. The minimum Gasteiger partial charge on any atom is -0.454 e. The highest BCUT2D eigenvalue weighted by Gasteiger charge is 2.21. The van der Waals surface area contributed by atoms with E-state index in [0.717, 1.165) is 11.4 Å². The molecule has 1 N–H and O–H groups in total. The van der Waals surface area contributed by atoms with Crippen LogP contribution in [0.15, 0.2) is 35.2 Å². The summed E-state index contributed by atoms with van der Waals surface area (Å²) in [6.45, 7) is 10.8. The van der Waals surface area contributed by atoms with Crippen LogP contribution in [-0.4, -0.2) is 37.4 Å². The van der Waals surface area contributed by atoms with Crippen molar-refractivity contribution in [3.8, 4) is 0 Å². The highest BCUT2D eigenvalue weighted by molar-refractivity contribution is 7.89. The zero-order valence-electron chi connectivity index (χ0n) is 17.6. The molecule has 0 unspecified atom stereocenters. The number of esters is 1. The molecule has 8 heteroatoms. The van der Waals surface area contributed by atoms with Crippen LogP contribution in [0.3, 0.4) is 0 Å². The van der Waals surface area contributed by atoms with Crippen LogP contribution in [-0.2, 0) is 14.8 Å². The maximum atomic E-state index is 12.5. The number of hydrogen-bond donors (Lipinski definition) is 1. The largest absolute Gasteiger partial charge is 0.454 e. The molecule has 0 bridgehead atoms. The van der Waals surface area contributed by atoms with E-state index in [2.05, 4.69) is 4.72 Å². The molecule has 0 aliphatic rings.